The molecular formula is C20H19BrN2O3. The number of benzene rings is 2. The van der Waals surface area contributed by atoms with Gasteiger partial charge in [0.2, 0.25) is 0 Å². The van der Waals surface area contributed by atoms with E-state index in [1.807, 2.05) is 49.4 Å². The van der Waals surface area contributed by atoms with Crippen LogP contribution in [0.25, 0.3) is 0 Å². The van der Waals surface area contributed by atoms with E-state index in [-0.39, 0.29) is 13.2 Å². The highest BCUT2D eigenvalue weighted by Crippen LogP contribution is 2.22. The third-order valence-electron chi connectivity index (χ3n) is 3.59. The van der Waals surface area contributed by atoms with Crippen LogP contribution in [0.1, 0.15) is 18.1 Å². The predicted octanol–water partition coefficient (Wildman–Crippen LogP) is 4.60. The van der Waals surface area contributed by atoms with Gasteiger partial charge in [-0.3, -0.25) is 4.90 Å². The molecule has 0 radical (unpaired) electrons. The molecule has 0 fully saturated rings. The fraction of sp³-hybridized carbons (Fsp3) is 0.200. The minimum atomic E-state index is -0.524. The highest BCUT2D eigenvalue weighted by atomic mass is 79.9. The summed E-state index contributed by atoms with van der Waals surface area (Å²) in [6, 6.07) is 15.1. The van der Waals surface area contributed by atoms with Crippen molar-refractivity contribution < 1.29 is 14.4 Å². The quantitative estimate of drug-likeness (QED) is 0.394. The molecule has 0 spiro atoms. The summed E-state index contributed by atoms with van der Waals surface area (Å²) in [6.45, 7) is 2.16. The monoisotopic (exact) mass is 414 g/mol. The first-order chi connectivity index (χ1) is 12.6. The predicted molar refractivity (Wildman–Crippen MR) is 106 cm³/mol. The molecule has 0 aliphatic heterocycles. The number of hydrogen-bond acceptors (Lipinski definition) is 4. The van der Waals surface area contributed by atoms with E-state index < -0.39 is 6.09 Å². The van der Waals surface area contributed by atoms with Gasteiger partial charge < -0.3 is 9.57 Å². The number of hydrogen-bond donors (Lipinski definition) is 0. The molecule has 2 aromatic carbocycles. The standard InChI is InChI=1S/C20H19BrN2O3/c1-4-12-23(20(24)25-3)19-11-6-5-8-17(19)14-26-22-15(2)16-9-7-10-18(21)13-16/h1,5-11,13H,12,14H2,2-3H3/b22-15+. The number of ether oxygens (including phenoxy) is 1. The van der Waals surface area contributed by atoms with Crippen LogP contribution in [0.4, 0.5) is 10.5 Å². The Labute approximate surface area is 161 Å². The highest BCUT2D eigenvalue weighted by molar-refractivity contribution is 9.10. The Bertz CT molecular complexity index is 843. The van der Waals surface area contributed by atoms with Crippen LogP contribution in [0.5, 0.6) is 0 Å². The summed E-state index contributed by atoms with van der Waals surface area (Å²) in [6.07, 6.45) is 4.85. The molecule has 5 nitrogen and oxygen atoms in total. The van der Waals surface area contributed by atoms with Crippen molar-refractivity contribution in [2.75, 3.05) is 18.6 Å². The van der Waals surface area contributed by atoms with Gasteiger partial charge in [-0.15, -0.1) is 6.42 Å². The van der Waals surface area contributed by atoms with E-state index in [0.29, 0.717) is 5.69 Å². The Balaban J connectivity index is 2.16. The number of amides is 1. The zero-order valence-corrected chi connectivity index (χ0v) is 16.2. The van der Waals surface area contributed by atoms with Crippen LogP contribution in [0.2, 0.25) is 0 Å². The number of para-hydroxylation sites is 1. The average Bonchev–Trinajstić information content (AvgIpc) is 2.66. The number of oxime groups is 1. The van der Waals surface area contributed by atoms with E-state index >= 15 is 0 Å². The van der Waals surface area contributed by atoms with E-state index in [1.165, 1.54) is 12.0 Å². The Hall–Kier alpha value is -2.78. The molecule has 0 N–H and O–H groups in total. The lowest BCUT2D eigenvalue weighted by Gasteiger charge is -2.21. The molecule has 0 aromatic heterocycles. The molecule has 0 bridgehead atoms. The Kier molecular flexibility index (Phi) is 7.24. The van der Waals surface area contributed by atoms with Gasteiger partial charge in [-0.05, 0) is 25.1 Å². The molecular weight excluding hydrogens is 396 g/mol. The molecule has 0 unspecified atom stereocenters. The number of carbonyl (C=O) groups is 1. The lowest BCUT2D eigenvalue weighted by Crippen LogP contribution is -2.31. The van der Waals surface area contributed by atoms with Crippen molar-refractivity contribution in [1.82, 2.24) is 0 Å². The normalized spacial score (nSPS) is 10.8. The summed E-state index contributed by atoms with van der Waals surface area (Å²) in [5.74, 6) is 2.46. The summed E-state index contributed by atoms with van der Waals surface area (Å²) in [4.78, 5) is 18.9. The van der Waals surface area contributed by atoms with Gasteiger partial charge in [-0.1, -0.05) is 57.3 Å². The zero-order chi connectivity index (χ0) is 18.9. The number of nitrogens with zero attached hydrogens (tertiary/aromatic N) is 2. The molecule has 134 valence electrons. The third kappa shape index (κ3) is 5.11. The van der Waals surface area contributed by atoms with Crippen LogP contribution in [0, 0.1) is 12.3 Å². The summed E-state index contributed by atoms with van der Waals surface area (Å²) in [5, 5.41) is 4.16. The van der Waals surface area contributed by atoms with Crippen LogP contribution in [0.15, 0.2) is 58.2 Å². The molecule has 0 saturated heterocycles. The first-order valence-corrected chi connectivity index (χ1v) is 8.65. The third-order valence-corrected chi connectivity index (χ3v) is 4.08. The maximum atomic E-state index is 12.0. The molecule has 26 heavy (non-hydrogen) atoms. The van der Waals surface area contributed by atoms with Crippen molar-refractivity contribution in [2.24, 2.45) is 5.16 Å². The summed E-state index contributed by atoms with van der Waals surface area (Å²) in [7, 11) is 1.32. The van der Waals surface area contributed by atoms with Crippen molar-refractivity contribution in [1.29, 1.82) is 0 Å². The average molecular weight is 415 g/mol. The molecule has 0 aliphatic carbocycles. The second-order valence-electron chi connectivity index (χ2n) is 5.35. The summed E-state index contributed by atoms with van der Waals surface area (Å²) >= 11 is 3.43. The minimum absolute atomic E-state index is 0.101. The molecule has 2 rings (SSSR count). The topological polar surface area (TPSA) is 51.1 Å². The van der Waals surface area contributed by atoms with Crippen molar-refractivity contribution in [3.8, 4) is 12.3 Å². The van der Waals surface area contributed by atoms with Gasteiger partial charge in [0.05, 0.1) is 25.1 Å². The van der Waals surface area contributed by atoms with Gasteiger partial charge in [0.15, 0.2) is 0 Å². The van der Waals surface area contributed by atoms with Gasteiger partial charge in [0, 0.05) is 15.6 Å². The molecule has 2 aromatic rings. The number of anilines is 1. The lowest BCUT2D eigenvalue weighted by atomic mass is 10.1. The number of carbonyl (C=O) groups excluding carboxylic acids is 1. The fourth-order valence-corrected chi connectivity index (χ4v) is 2.71. The van der Waals surface area contributed by atoms with Gasteiger partial charge in [0.25, 0.3) is 0 Å². The van der Waals surface area contributed by atoms with Gasteiger partial charge in [-0.25, -0.2) is 4.79 Å². The van der Waals surface area contributed by atoms with Crippen LogP contribution < -0.4 is 4.90 Å². The summed E-state index contributed by atoms with van der Waals surface area (Å²) in [5.41, 5.74) is 3.11. The Morgan fingerprint density at radius 3 is 2.73 bits per heavy atom. The molecule has 0 saturated carbocycles. The number of halogens is 1. The molecule has 0 atom stereocenters. The molecule has 0 heterocycles. The van der Waals surface area contributed by atoms with Crippen molar-refractivity contribution >= 4 is 33.4 Å². The van der Waals surface area contributed by atoms with Crippen LogP contribution in [-0.2, 0) is 16.2 Å². The number of methoxy groups -OCH3 is 1. The second kappa shape index (κ2) is 9.64. The van der Waals surface area contributed by atoms with Gasteiger partial charge in [0.1, 0.15) is 6.61 Å². The van der Waals surface area contributed by atoms with E-state index in [0.717, 1.165) is 21.3 Å². The van der Waals surface area contributed by atoms with Crippen LogP contribution >= 0.6 is 15.9 Å². The largest absolute Gasteiger partial charge is 0.452 e. The number of rotatable bonds is 6. The first-order valence-electron chi connectivity index (χ1n) is 7.86. The van der Waals surface area contributed by atoms with Crippen molar-refractivity contribution in [3.63, 3.8) is 0 Å². The smallest absolute Gasteiger partial charge is 0.414 e. The van der Waals surface area contributed by atoms with E-state index in [2.05, 4.69) is 27.0 Å². The van der Waals surface area contributed by atoms with Crippen molar-refractivity contribution in [3.05, 3.63) is 64.1 Å². The van der Waals surface area contributed by atoms with E-state index in [1.54, 1.807) is 6.07 Å². The molecule has 0 aliphatic rings. The first kappa shape index (κ1) is 19.5. The van der Waals surface area contributed by atoms with Crippen molar-refractivity contribution in [2.45, 2.75) is 13.5 Å². The molecule has 1 amide bonds. The van der Waals surface area contributed by atoms with Crippen LogP contribution in [-0.4, -0.2) is 25.5 Å². The Morgan fingerprint density at radius 1 is 1.27 bits per heavy atom. The molecule has 6 heteroatoms. The van der Waals surface area contributed by atoms with Crippen LogP contribution in [0.3, 0.4) is 0 Å². The second-order valence-corrected chi connectivity index (χ2v) is 6.27. The Morgan fingerprint density at radius 2 is 2.04 bits per heavy atom. The fourth-order valence-electron chi connectivity index (χ4n) is 2.31. The lowest BCUT2D eigenvalue weighted by molar-refractivity contribution is 0.130. The number of terminal acetylenes is 1. The van der Waals surface area contributed by atoms with Gasteiger partial charge >= 0.3 is 6.09 Å². The maximum absolute atomic E-state index is 12.0. The highest BCUT2D eigenvalue weighted by Gasteiger charge is 2.18. The SMILES string of the molecule is C#CCN(C(=O)OC)c1ccccc1CO/N=C(\C)c1cccc(Br)c1. The zero-order valence-electron chi connectivity index (χ0n) is 14.6. The maximum Gasteiger partial charge on any atom is 0.414 e. The van der Waals surface area contributed by atoms with E-state index in [9.17, 15) is 4.79 Å². The summed E-state index contributed by atoms with van der Waals surface area (Å²) < 4.78 is 5.77. The van der Waals surface area contributed by atoms with E-state index in [4.69, 9.17) is 16.0 Å². The van der Waals surface area contributed by atoms with Gasteiger partial charge in [-0.2, -0.15) is 0 Å². The minimum Gasteiger partial charge on any atom is -0.452 e.